The van der Waals surface area contributed by atoms with E-state index >= 15 is 0 Å². The van der Waals surface area contributed by atoms with Gasteiger partial charge >= 0.3 is 0 Å². The molecule has 182 valence electrons. The second-order valence-corrected chi connectivity index (χ2v) is 16.1. The lowest BCUT2D eigenvalue weighted by molar-refractivity contribution is 0.132. The topological polar surface area (TPSA) is 53.1 Å². The summed E-state index contributed by atoms with van der Waals surface area (Å²) in [5.74, 6) is 1.10. The van der Waals surface area contributed by atoms with Gasteiger partial charge in [0.25, 0.3) is 8.32 Å². The highest BCUT2D eigenvalue weighted by atomic mass is 28.4. The molecule has 5 heteroatoms. The Balaban J connectivity index is 1.63. The zero-order valence-corrected chi connectivity index (χ0v) is 22.7. The molecule has 4 rings (SSSR count). The number of nitrogen functional groups attached to an aromatic ring is 1. The maximum atomic E-state index is 7.39. The molecular formula is C29H41N3OSi. The van der Waals surface area contributed by atoms with Gasteiger partial charge < -0.3 is 10.2 Å². The summed E-state index contributed by atoms with van der Waals surface area (Å²) < 4.78 is 9.53. The normalized spacial score (nSPS) is 19.8. The van der Waals surface area contributed by atoms with Crippen molar-refractivity contribution in [3.05, 3.63) is 72.4 Å². The van der Waals surface area contributed by atoms with Gasteiger partial charge in [-0.3, -0.25) is 4.68 Å². The van der Waals surface area contributed by atoms with Crippen molar-refractivity contribution in [3.63, 3.8) is 0 Å². The fraction of sp³-hybridized carbons (Fsp3) is 0.483. The van der Waals surface area contributed by atoms with E-state index in [4.69, 9.17) is 10.2 Å². The Kier molecular flexibility index (Phi) is 6.80. The standard InChI is InChI=1S/C29H41N3OSi/c1-28(2,3)32-26(21-27(30)31-32)22-17-19-23(20-18-22)33-34(29(4,5)6,24-13-9-7-10-14-24)25-15-11-8-12-16-25/h7-16,21-23H,17-20H2,1-6H3,(H2,30,31)/t22-,23+. The van der Waals surface area contributed by atoms with Gasteiger partial charge in [-0.1, -0.05) is 81.4 Å². The Morgan fingerprint density at radius 1 is 0.824 bits per heavy atom. The molecule has 1 aromatic heterocycles. The van der Waals surface area contributed by atoms with Crippen LogP contribution < -0.4 is 16.1 Å². The highest BCUT2D eigenvalue weighted by Crippen LogP contribution is 2.42. The number of nitrogens with two attached hydrogens (primary N) is 1. The van der Waals surface area contributed by atoms with Crippen LogP contribution in [0.1, 0.15) is 78.8 Å². The summed E-state index contributed by atoms with van der Waals surface area (Å²) in [6, 6.07) is 24.0. The predicted molar refractivity (Wildman–Crippen MR) is 145 cm³/mol. The lowest BCUT2D eigenvalue weighted by Crippen LogP contribution is -2.67. The largest absolute Gasteiger partial charge is 0.404 e. The van der Waals surface area contributed by atoms with Crippen LogP contribution in [-0.2, 0) is 9.96 Å². The van der Waals surface area contributed by atoms with E-state index in [-0.39, 0.29) is 16.7 Å². The van der Waals surface area contributed by atoms with Crippen molar-refractivity contribution < 1.29 is 4.43 Å². The number of aromatic nitrogens is 2. The highest BCUT2D eigenvalue weighted by molar-refractivity contribution is 6.99. The molecule has 0 atom stereocenters. The average molecular weight is 476 g/mol. The monoisotopic (exact) mass is 475 g/mol. The van der Waals surface area contributed by atoms with Gasteiger partial charge in [-0.05, 0) is 61.9 Å². The molecule has 0 amide bonds. The van der Waals surface area contributed by atoms with Gasteiger partial charge in [0.1, 0.15) is 5.82 Å². The molecule has 1 aliphatic rings. The maximum absolute atomic E-state index is 7.39. The Hall–Kier alpha value is -2.37. The molecule has 2 aromatic carbocycles. The van der Waals surface area contributed by atoms with Gasteiger partial charge in [0.05, 0.1) is 5.54 Å². The first-order chi connectivity index (χ1) is 16.0. The second-order valence-electron chi connectivity index (χ2n) is 11.8. The number of benzene rings is 2. The molecule has 0 unspecified atom stereocenters. The van der Waals surface area contributed by atoms with E-state index in [1.165, 1.54) is 16.1 Å². The summed E-state index contributed by atoms with van der Waals surface area (Å²) in [6.07, 6.45) is 4.58. The lowest BCUT2D eigenvalue weighted by atomic mass is 9.85. The molecule has 0 bridgehead atoms. The highest BCUT2D eigenvalue weighted by Gasteiger charge is 2.51. The molecule has 1 aliphatic carbocycles. The van der Waals surface area contributed by atoms with Crippen molar-refractivity contribution in [2.24, 2.45) is 0 Å². The Labute approximate surface area is 206 Å². The van der Waals surface area contributed by atoms with Gasteiger partial charge in [-0.2, -0.15) is 5.10 Å². The van der Waals surface area contributed by atoms with E-state index in [9.17, 15) is 0 Å². The summed E-state index contributed by atoms with van der Waals surface area (Å²) in [4.78, 5) is 0. The molecule has 1 heterocycles. The molecular weight excluding hydrogens is 434 g/mol. The van der Waals surface area contributed by atoms with Crippen molar-refractivity contribution in [1.29, 1.82) is 0 Å². The number of hydrogen-bond donors (Lipinski definition) is 1. The molecule has 0 aliphatic heterocycles. The van der Waals surface area contributed by atoms with Crippen molar-refractivity contribution in [3.8, 4) is 0 Å². The summed E-state index contributed by atoms with van der Waals surface area (Å²) >= 11 is 0. The molecule has 0 saturated heterocycles. The van der Waals surface area contributed by atoms with Gasteiger partial charge in [-0.25, -0.2) is 0 Å². The number of nitrogens with zero attached hydrogens (tertiary/aromatic N) is 2. The van der Waals surface area contributed by atoms with Crippen LogP contribution in [0, 0.1) is 0 Å². The number of hydrogen-bond acceptors (Lipinski definition) is 3. The third-order valence-corrected chi connectivity index (χ3v) is 12.3. The molecule has 2 N–H and O–H groups in total. The first kappa shape index (κ1) is 24.7. The zero-order valence-electron chi connectivity index (χ0n) is 21.7. The summed E-state index contributed by atoms with van der Waals surface area (Å²) in [5, 5.41) is 7.33. The predicted octanol–water partition coefficient (Wildman–Crippen LogP) is 5.82. The van der Waals surface area contributed by atoms with Crippen LogP contribution in [0.4, 0.5) is 5.82 Å². The van der Waals surface area contributed by atoms with E-state index in [1.54, 1.807) is 0 Å². The summed E-state index contributed by atoms with van der Waals surface area (Å²) in [7, 11) is -2.51. The first-order valence-electron chi connectivity index (χ1n) is 12.7. The van der Waals surface area contributed by atoms with Crippen LogP contribution in [0.25, 0.3) is 0 Å². The van der Waals surface area contributed by atoms with Gasteiger partial charge in [0, 0.05) is 23.8 Å². The minimum Gasteiger partial charge on any atom is -0.404 e. The molecule has 0 radical (unpaired) electrons. The smallest absolute Gasteiger partial charge is 0.261 e. The van der Waals surface area contributed by atoms with Crippen molar-refractivity contribution in [2.75, 3.05) is 5.73 Å². The molecule has 1 saturated carbocycles. The van der Waals surface area contributed by atoms with Crippen LogP contribution in [0.2, 0.25) is 5.04 Å². The van der Waals surface area contributed by atoms with E-state index in [1.807, 2.05) is 0 Å². The Morgan fingerprint density at radius 3 is 1.76 bits per heavy atom. The Bertz CT molecular complexity index is 1030. The molecule has 4 nitrogen and oxygen atoms in total. The lowest BCUT2D eigenvalue weighted by Gasteiger charge is -2.46. The van der Waals surface area contributed by atoms with Crippen LogP contribution >= 0.6 is 0 Å². The SMILES string of the molecule is CC(C)(C)n1nc(N)cc1[C@H]1CC[C@@H](O[Si](c2ccccc2)(c2ccccc2)C(C)(C)C)CC1. The van der Waals surface area contributed by atoms with Crippen molar-refractivity contribution in [2.45, 2.75) is 89.8 Å². The van der Waals surface area contributed by atoms with Crippen LogP contribution in [-0.4, -0.2) is 24.2 Å². The van der Waals surface area contributed by atoms with Gasteiger partial charge in [-0.15, -0.1) is 0 Å². The third-order valence-electron chi connectivity index (χ3n) is 7.24. The Morgan fingerprint density at radius 2 is 1.32 bits per heavy atom. The second kappa shape index (κ2) is 9.35. The maximum Gasteiger partial charge on any atom is 0.261 e. The fourth-order valence-electron chi connectivity index (χ4n) is 5.66. The average Bonchev–Trinajstić information content (AvgIpc) is 3.20. The molecule has 34 heavy (non-hydrogen) atoms. The zero-order chi connectivity index (χ0) is 24.6. The van der Waals surface area contributed by atoms with E-state index in [0.29, 0.717) is 11.7 Å². The third kappa shape index (κ3) is 4.73. The quantitative estimate of drug-likeness (QED) is 0.473. The molecule has 1 fully saturated rings. The molecule has 3 aromatic rings. The van der Waals surface area contributed by atoms with Crippen LogP contribution in [0.5, 0.6) is 0 Å². The summed E-state index contributed by atoms with van der Waals surface area (Å²) in [5.41, 5.74) is 7.32. The van der Waals surface area contributed by atoms with Crippen LogP contribution in [0.3, 0.4) is 0 Å². The minimum atomic E-state index is -2.51. The first-order valence-corrected chi connectivity index (χ1v) is 14.6. The van der Waals surface area contributed by atoms with Crippen molar-refractivity contribution in [1.82, 2.24) is 9.78 Å². The van der Waals surface area contributed by atoms with Gasteiger partial charge in [0.15, 0.2) is 0 Å². The van der Waals surface area contributed by atoms with Crippen molar-refractivity contribution >= 4 is 24.5 Å². The van der Waals surface area contributed by atoms with Crippen LogP contribution in [0.15, 0.2) is 66.7 Å². The van der Waals surface area contributed by atoms with E-state index in [0.717, 1.165) is 25.7 Å². The fourth-order valence-corrected chi connectivity index (χ4v) is 10.4. The molecule has 0 spiro atoms. The van der Waals surface area contributed by atoms with E-state index in [2.05, 4.69) is 118 Å². The van der Waals surface area contributed by atoms with Gasteiger partial charge in [0.2, 0.25) is 0 Å². The number of anilines is 1. The summed E-state index contributed by atoms with van der Waals surface area (Å²) in [6.45, 7) is 13.7. The van der Waals surface area contributed by atoms with E-state index < -0.39 is 8.32 Å². The minimum absolute atomic E-state index is 0.00581. The number of rotatable bonds is 5.